The molecule has 0 atom stereocenters. The second-order valence-corrected chi connectivity index (χ2v) is 8.65. The third-order valence-electron chi connectivity index (χ3n) is 4.83. The zero-order chi connectivity index (χ0) is 16.3. The molecule has 0 heterocycles. The average Bonchev–Trinajstić information content (AvgIpc) is 2.75. The standard InChI is InChI=1S/C22H27/c1-14-19-13-15-12-16(21(2,3)4)8-9-17(15)18(19)10-11-20(14)22(5,6)7/h8-13H,1-7H3. The molecule has 0 nitrogen and oxygen atoms in total. The summed E-state index contributed by atoms with van der Waals surface area (Å²) in [5.41, 5.74) is 10.2. The minimum atomic E-state index is 0.193. The van der Waals surface area contributed by atoms with Crippen LogP contribution in [0.15, 0.2) is 30.3 Å². The van der Waals surface area contributed by atoms with Gasteiger partial charge in [0.25, 0.3) is 0 Å². The highest BCUT2D eigenvalue weighted by Gasteiger charge is 2.26. The minimum absolute atomic E-state index is 0.193. The molecular formula is C22H27. The maximum absolute atomic E-state index is 2.38. The van der Waals surface area contributed by atoms with E-state index in [-0.39, 0.29) is 10.8 Å². The summed E-state index contributed by atoms with van der Waals surface area (Å²) in [5, 5.41) is 0. The van der Waals surface area contributed by atoms with Crippen molar-refractivity contribution < 1.29 is 0 Å². The highest BCUT2D eigenvalue weighted by atomic mass is 14.3. The molecule has 1 aliphatic carbocycles. The van der Waals surface area contributed by atoms with Gasteiger partial charge in [-0.2, -0.15) is 0 Å². The number of hydrogen-bond acceptors (Lipinski definition) is 0. The van der Waals surface area contributed by atoms with E-state index < -0.39 is 0 Å². The van der Waals surface area contributed by atoms with Crippen molar-refractivity contribution in [3.05, 3.63) is 64.6 Å². The topological polar surface area (TPSA) is 0 Å². The molecule has 0 aliphatic heterocycles. The van der Waals surface area contributed by atoms with Crippen LogP contribution in [0.5, 0.6) is 0 Å². The van der Waals surface area contributed by atoms with Crippen molar-refractivity contribution in [3.63, 3.8) is 0 Å². The van der Waals surface area contributed by atoms with Crippen molar-refractivity contribution >= 4 is 0 Å². The zero-order valence-electron chi connectivity index (χ0n) is 15.0. The van der Waals surface area contributed by atoms with Crippen molar-refractivity contribution in [2.75, 3.05) is 0 Å². The van der Waals surface area contributed by atoms with Gasteiger partial charge in [0.05, 0.1) is 0 Å². The monoisotopic (exact) mass is 291 g/mol. The molecule has 0 saturated heterocycles. The van der Waals surface area contributed by atoms with E-state index in [1.54, 1.807) is 0 Å². The molecule has 0 spiro atoms. The van der Waals surface area contributed by atoms with Crippen LogP contribution < -0.4 is 0 Å². The van der Waals surface area contributed by atoms with Crippen molar-refractivity contribution in [1.82, 2.24) is 0 Å². The van der Waals surface area contributed by atoms with Gasteiger partial charge in [0, 0.05) is 6.42 Å². The van der Waals surface area contributed by atoms with Crippen LogP contribution in [0.4, 0.5) is 0 Å². The normalized spacial score (nSPS) is 14.0. The Morgan fingerprint density at radius 2 is 1.36 bits per heavy atom. The Balaban J connectivity index is 2.12. The lowest BCUT2D eigenvalue weighted by Crippen LogP contribution is -2.13. The predicted octanol–water partition coefficient (Wildman–Crippen LogP) is 6.17. The second-order valence-electron chi connectivity index (χ2n) is 8.65. The van der Waals surface area contributed by atoms with Crippen LogP contribution in [0, 0.1) is 13.3 Å². The van der Waals surface area contributed by atoms with Gasteiger partial charge in [0.1, 0.15) is 0 Å². The lowest BCUT2D eigenvalue weighted by Gasteiger charge is -2.23. The Labute approximate surface area is 135 Å². The molecule has 0 unspecified atom stereocenters. The van der Waals surface area contributed by atoms with Crippen molar-refractivity contribution in [1.29, 1.82) is 0 Å². The molecule has 1 aliphatic rings. The molecule has 2 aromatic rings. The van der Waals surface area contributed by atoms with Crippen molar-refractivity contribution in [2.45, 2.75) is 59.3 Å². The van der Waals surface area contributed by atoms with Gasteiger partial charge in [0.15, 0.2) is 0 Å². The zero-order valence-corrected chi connectivity index (χ0v) is 15.0. The van der Waals surface area contributed by atoms with E-state index in [1.165, 1.54) is 38.9 Å². The van der Waals surface area contributed by atoms with Gasteiger partial charge in [-0.25, -0.2) is 0 Å². The lowest BCUT2D eigenvalue weighted by atomic mass is 9.81. The van der Waals surface area contributed by atoms with E-state index in [4.69, 9.17) is 0 Å². The Hall–Kier alpha value is -1.56. The molecule has 0 fully saturated rings. The Morgan fingerprint density at radius 1 is 0.727 bits per heavy atom. The van der Waals surface area contributed by atoms with E-state index in [2.05, 4.69) is 85.2 Å². The second kappa shape index (κ2) is 4.72. The highest BCUT2D eigenvalue weighted by Crippen LogP contribution is 2.43. The Morgan fingerprint density at radius 3 is 1.95 bits per heavy atom. The number of fused-ring (bicyclic) bond motifs is 3. The molecule has 0 saturated carbocycles. The molecule has 0 heteroatoms. The SMILES string of the molecule is Cc1c(C(C)(C)C)ccc2c1[CH]c1cc(C(C)(C)C)ccc1-2. The van der Waals surface area contributed by atoms with Gasteiger partial charge in [-0.1, -0.05) is 71.9 Å². The molecule has 22 heavy (non-hydrogen) atoms. The maximum Gasteiger partial charge on any atom is 0.0214 e. The third kappa shape index (κ3) is 2.39. The van der Waals surface area contributed by atoms with Crippen LogP contribution in [0.3, 0.4) is 0 Å². The summed E-state index contributed by atoms with van der Waals surface area (Å²) in [6.45, 7) is 16.0. The first-order valence-electron chi connectivity index (χ1n) is 8.23. The van der Waals surface area contributed by atoms with E-state index in [9.17, 15) is 0 Å². The number of hydrogen-bond donors (Lipinski definition) is 0. The smallest absolute Gasteiger partial charge is 0.0214 e. The first-order chi connectivity index (χ1) is 10.1. The van der Waals surface area contributed by atoms with E-state index in [1.807, 2.05) is 0 Å². The molecule has 0 amide bonds. The van der Waals surface area contributed by atoms with Crippen molar-refractivity contribution in [2.24, 2.45) is 0 Å². The molecule has 1 radical (unpaired) electrons. The first kappa shape index (κ1) is 15.3. The van der Waals surface area contributed by atoms with E-state index in [0.717, 1.165) is 0 Å². The van der Waals surface area contributed by atoms with Gasteiger partial charge >= 0.3 is 0 Å². The lowest BCUT2D eigenvalue weighted by molar-refractivity contribution is 0.586. The number of benzene rings is 2. The Kier molecular flexibility index (Phi) is 3.29. The summed E-state index contributed by atoms with van der Waals surface area (Å²) >= 11 is 0. The fourth-order valence-electron chi connectivity index (χ4n) is 3.51. The average molecular weight is 291 g/mol. The van der Waals surface area contributed by atoms with Crippen LogP contribution >= 0.6 is 0 Å². The van der Waals surface area contributed by atoms with Crippen LogP contribution in [-0.2, 0) is 10.8 Å². The molecule has 115 valence electrons. The quantitative estimate of drug-likeness (QED) is 0.464. The predicted molar refractivity (Wildman–Crippen MR) is 96.5 cm³/mol. The van der Waals surface area contributed by atoms with E-state index in [0.29, 0.717) is 0 Å². The molecular weight excluding hydrogens is 264 g/mol. The molecule has 3 rings (SSSR count). The molecule has 0 aromatic heterocycles. The van der Waals surface area contributed by atoms with Crippen LogP contribution in [0.25, 0.3) is 11.1 Å². The summed E-state index contributed by atoms with van der Waals surface area (Å²) < 4.78 is 0. The Bertz CT molecular complexity index is 734. The highest BCUT2D eigenvalue weighted by molar-refractivity contribution is 5.83. The largest absolute Gasteiger partial charge is 0.0579 e. The maximum atomic E-state index is 2.38. The fourth-order valence-corrected chi connectivity index (χ4v) is 3.51. The first-order valence-corrected chi connectivity index (χ1v) is 8.23. The van der Waals surface area contributed by atoms with Crippen LogP contribution in [-0.4, -0.2) is 0 Å². The van der Waals surface area contributed by atoms with Crippen LogP contribution in [0.1, 0.15) is 69.4 Å². The van der Waals surface area contributed by atoms with Gasteiger partial charge in [-0.15, -0.1) is 0 Å². The molecule has 0 bridgehead atoms. The molecule has 2 aromatic carbocycles. The van der Waals surface area contributed by atoms with Gasteiger partial charge < -0.3 is 0 Å². The van der Waals surface area contributed by atoms with E-state index >= 15 is 0 Å². The van der Waals surface area contributed by atoms with Crippen LogP contribution in [0.2, 0.25) is 0 Å². The van der Waals surface area contributed by atoms with Gasteiger partial charge in [0.2, 0.25) is 0 Å². The third-order valence-corrected chi connectivity index (χ3v) is 4.83. The fraction of sp³-hybridized carbons (Fsp3) is 0.409. The number of rotatable bonds is 0. The van der Waals surface area contributed by atoms with Crippen molar-refractivity contribution in [3.8, 4) is 11.1 Å². The summed E-state index contributed by atoms with van der Waals surface area (Å²) in [5.74, 6) is 0. The summed E-state index contributed by atoms with van der Waals surface area (Å²) in [6.07, 6.45) is 2.38. The summed E-state index contributed by atoms with van der Waals surface area (Å²) in [7, 11) is 0. The summed E-state index contributed by atoms with van der Waals surface area (Å²) in [6, 6.07) is 11.6. The van der Waals surface area contributed by atoms with Gasteiger partial charge in [-0.3, -0.25) is 0 Å². The van der Waals surface area contributed by atoms with Gasteiger partial charge in [-0.05, 0) is 56.7 Å². The minimum Gasteiger partial charge on any atom is -0.0579 e. The molecule has 0 N–H and O–H groups in total. The summed E-state index contributed by atoms with van der Waals surface area (Å²) in [4.78, 5) is 0.